The summed E-state index contributed by atoms with van der Waals surface area (Å²) in [6.07, 6.45) is 1.16. The lowest BCUT2D eigenvalue weighted by atomic mass is 10.1. The van der Waals surface area contributed by atoms with E-state index in [1.807, 2.05) is 11.8 Å². The van der Waals surface area contributed by atoms with E-state index >= 15 is 0 Å². The van der Waals surface area contributed by atoms with Crippen LogP contribution >= 0.6 is 11.8 Å². The highest BCUT2D eigenvalue weighted by molar-refractivity contribution is 7.99. The highest BCUT2D eigenvalue weighted by Crippen LogP contribution is 2.30. The highest BCUT2D eigenvalue weighted by Gasteiger charge is 2.09. The van der Waals surface area contributed by atoms with Crippen molar-refractivity contribution in [3.05, 3.63) is 23.8 Å². The van der Waals surface area contributed by atoms with Crippen LogP contribution in [0.5, 0.6) is 0 Å². The fourth-order valence-corrected chi connectivity index (χ4v) is 2.71. The molecule has 3 heteroatoms. The van der Waals surface area contributed by atoms with E-state index < -0.39 is 0 Å². The first-order chi connectivity index (χ1) is 7.74. The van der Waals surface area contributed by atoms with Gasteiger partial charge in [-0.25, -0.2) is 0 Å². The summed E-state index contributed by atoms with van der Waals surface area (Å²) in [7, 11) is 2.14. The van der Waals surface area contributed by atoms with E-state index in [0.29, 0.717) is 6.54 Å². The minimum Gasteiger partial charge on any atom is -0.374 e. The summed E-state index contributed by atoms with van der Waals surface area (Å²) >= 11 is 1.87. The molecule has 0 amide bonds. The molecule has 0 saturated heterocycles. The smallest absolute Gasteiger partial charge is 0.0420 e. The van der Waals surface area contributed by atoms with E-state index in [2.05, 4.69) is 44.0 Å². The Morgan fingerprint density at radius 1 is 1.31 bits per heavy atom. The Balaban J connectivity index is 3.02. The summed E-state index contributed by atoms with van der Waals surface area (Å²) in [5, 5.41) is 0. The van der Waals surface area contributed by atoms with Crippen molar-refractivity contribution in [2.75, 3.05) is 24.2 Å². The van der Waals surface area contributed by atoms with Gasteiger partial charge in [0, 0.05) is 36.3 Å². The van der Waals surface area contributed by atoms with Gasteiger partial charge in [0.05, 0.1) is 0 Å². The number of rotatable bonds is 6. The molecule has 0 aromatic heterocycles. The average Bonchev–Trinajstić information content (AvgIpc) is 2.29. The first-order valence-electron chi connectivity index (χ1n) is 5.90. The van der Waals surface area contributed by atoms with E-state index in [9.17, 15) is 0 Å². The summed E-state index contributed by atoms with van der Waals surface area (Å²) in [5.41, 5.74) is 8.44. The van der Waals surface area contributed by atoms with Crippen molar-refractivity contribution in [3.63, 3.8) is 0 Å². The van der Waals surface area contributed by atoms with Crippen LogP contribution in [0.15, 0.2) is 23.1 Å². The van der Waals surface area contributed by atoms with E-state index in [-0.39, 0.29) is 0 Å². The third kappa shape index (κ3) is 3.16. The van der Waals surface area contributed by atoms with Crippen molar-refractivity contribution in [1.82, 2.24) is 0 Å². The number of anilines is 1. The summed E-state index contributed by atoms with van der Waals surface area (Å²) in [4.78, 5) is 3.62. The third-order valence-corrected chi connectivity index (χ3v) is 3.56. The molecule has 0 saturated carbocycles. The van der Waals surface area contributed by atoms with Gasteiger partial charge in [-0.15, -0.1) is 11.8 Å². The normalized spacial score (nSPS) is 10.5. The number of nitrogens with two attached hydrogens (primary N) is 1. The lowest BCUT2D eigenvalue weighted by molar-refractivity contribution is 0.839. The minimum absolute atomic E-state index is 0.618. The zero-order valence-corrected chi connectivity index (χ0v) is 11.3. The SMILES string of the molecule is CCCN(C)c1cccc(SCC)c1CN. The minimum atomic E-state index is 0.618. The van der Waals surface area contributed by atoms with Gasteiger partial charge in [-0.1, -0.05) is 19.9 Å². The van der Waals surface area contributed by atoms with Crippen molar-refractivity contribution in [3.8, 4) is 0 Å². The van der Waals surface area contributed by atoms with Crippen LogP contribution in [0, 0.1) is 0 Å². The molecule has 0 radical (unpaired) electrons. The number of hydrogen-bond donors (Lipinski definition) is 1. The van der Waals surface area contributed by atoms with E-state index in [1.165, 1.54) is 16.1 Å². The second kappa shape index (κ2) is 6.81. The standard InChI is InChI=1S/C13H22N2S/c1-4-9-15(3)12-7-6-8-13(16-5-2)11(12)10-14/h6-8H,4-5,9-10,14H2,1-3H3. The van der Waals surface area contributed by atoms with Gasteiger partial charge in [0.1, 0.15) is 0 Å². The van der Waals surface area contributed by atoms with Gasteiger partial charge >= 0.3 is 0 Å². The van der Waals surface area contributed by atoms with Crippen LogP contribution in [-0.2, 0) is 6.54 Å². The largest absolute Gasteiger partial charge is 0.374 e. The lowest BCUT2D eigenvalue weighted by Crippen LogP contribution is -2.20. The Morgan fingerprint density at radius 2 is 2.06 bits per heavy atom. The Hall–Kier alpha value is -0.670. The quantitative estimate of drug-likeness (QED) is 0.772. The molecule has 1 aromatic rings. The average molecular weight is 238 g/mol. The Bertz CT molecular complexity index is 326. The maximum absolute atomic E-state index is 5.88. The lowest BCUT2D eigenvalue weighted by Gasteiger charge is -2.23. The van der Waals surface area contributed by atoms with Crippen LogP contribution in [0.4, 0.5) is 5.69 Å². The molecule has 0 aliphatic heterocycles. The van der Waals surface area contributed by atoms with Gasteiger partial charge in [-0.05, 0) is 24.3 Å². The fraction of sp³-hybridized carbons (Fsp3) is 0.538. The molecular weight excluding hydrogens is 216 g/mol. The van der Waals surface area contributed by atoms with Gasteiger partial charge in [-0.2, -0.15) is 0 Å². The van der Waals surface area contributed by atoms with Gasteiger partial charge < -0.3 is 10.6 Å². The maximum Gasteiger partial charge on any atom is 0.0420 e. The molecule has 1 rings (SSSR count). The van der Waals surface area contributed by atoms with Crippen molar-refractivity contribution in [2.24, 2.45) is 5.73 Å². The predicted octanol–water partition coefficient (Wildman–Crippen LogP) is 3.10. The zero-order chi connectivity index (χ0) is 12.0. The highest BCUT2D eigenvalue weighted by atomic mass is 32.2. The molecule has 90 valence electrons. The molecule has 2 nitrogen and oxygen atoms in total. The molecule has 2 N–H and O–H groups in total. The number of benzene rings is 1. The molecule has 0 unspecified atom stereocenters. The Kier molecular flexibility index (Phi) is 5.71. The summed E-state index contributed by atoms with van der Waals surface area (Å²) in [5.74, 6) is 1.09. The molecule has 0 heterocycles. The van der Waals surface area contributed by atoms with Crippen molar-refractivity contribution in [2.45, 2.75) is 31.7 Å². The fourth-order valence-electron chi connectivity index (χ4n) is 1.86. The van der Waals surface area contributed by atoms with Crippen molar-refractivity contribution < 1.29 is 0 Å². The maximum atomic E-state index is 5.88. The predicted molar refractivity (Wildman–Crippen MR) is 74.3 cm³/mol. The first kappa shape index (κ1) is 13.4. The van der Waals surface area contributed by atoms with Crippen LogP contribution in [0.1, 0.15) is 25.8 Å². The van der Waals surface area contributed by atoms with Crippen LogP contribution in [0.3, 0.4) is 0 Å². The summed E-state index contributed by atoms with van der Waals surface area (Å²) in [6, 6.07) is 6.45. The summed E-state index contributed by atoms with van der Waals surface area (Å²) in [6.45, 7) is 6.07. The van der Waals surface area contributed by atoms with Crippen LogP contribution in [0.25, 0.3) is 0 Å². The van der Waals surface area contributed by atoms with Crippen molar-refractivity contribution in [1.29, 1.82) is 0 Å². The second-order valence-electron chi connectivity index (χ2n) is 3.81. The second-order valence-corrected chi connectivity index (χ2v) is 5.12. The van der Waals surface area contributed by atoms with Crippen LogP contribution < -0.4 is 10.6 Å². The van der Waals surface area contributed by atoms with Crippen LogP contribution in [-0.4, -0.2) is 19.3 Å². The molecule has 0 aliphatic carbocycles. The molecule has 0 atom stereocenters. The number of thioether (sulfide) groups is 1. The molecule has 0 aliphatic rings. The molecular formula is C13H22N2S. The summed E-state index contributed by atoms with van der Waals surface area (Å²) < 4.78 is 0. The van der Waals surface area contributed by atoms with Gasteiger partial charge in [0.2, 0.25) is 0 Å². The topological polar surface area (TPSA) is 29.3 Å². The third-order valence-electron chi connectivity index (χ3n) is 2.58. The van der Waals surface area contributed by atoms with Crippen LogP contribution in [0.2, 0.25) is 0 Å². The van der Waals surface area contributed by atoms with Gasteiger partial charge in [-0.3, -0.25) is 0 Å². The molecule has 16 heavy (non-hydrogen) atoms. The zero-order valence-electron chi connectivity index (χ0n) is 10.5. The van der Waals surface area contributed by atoms with Gasteiger partial charge in [0.15, 0.2) is 0 Å². The van der Waals surface area contributed by atoms with Gasteiger partial charge in [0.25, 0.3) is 0 Å². The monoisotopic (exact) mass is 238 g/mol. The molecule has 0 bridgehead atoms. The Labute approximate surface area is 103 Å². The number of hydrogen-bond acceptors (Lipinski definition) is 3. The molecule has 0 fully saturated rings. The van der Waals surface area contributed by atoms with E-state index in [4.69, 9.17) is 5.73 Å². The number of nitrogens with zero attached hydrogens (tertiary/aromatic N) is 1. The molecule has 1 aromatic carbocycles. The Morgan fingerprint density at radius 3 is 2.62 bits per heavy atom. The van der Waals surface area contributed by atoms with Crippen molar-refractivity contribution >= 4 is 17.4 Å². The first-order valence-corrected chi connectivity index (χ1v) is 6.89. The van der Waals surface area contributed by atoms with E-state index in [0.717, 1.165) is 18.7 Å². The van der Waals surface area contributed by atoms with E-state index in [1.54, 1.807) is 0 Å². The molecule has 0 spiro atoms.